The van der Waals surface area contributed by atoms with E-state index in [1.165, 1.54) is 6.92 Å². The van der Waals surface area contributed by atoms with Gasteiger partial charge in [0, 0.05) is 0 Å². The van der Waals surface area contributed by atoms with Crippen molar-refractivity contribution >= 4 is 5.97 Å². The molecule has 0 aromatic heterocycles. The third kappa shape index (κ3) is 1.61. The van der Waals surface area contributed by atoms with Gasteiger partial charge in [0.15, 0.2) is 0 Å². The molecule has 1 N–H and O–H groups in total. The van der Waals surface area contributed by atoms with Crippen molar-refractivity contribution in [2.45, 2.75) is 38.2 Å². The van der Waals surface area contributed by atoms with Gasteiger partial charge in [-0.05, 0) is 25.7 Å². The molecule has 1 aliphatic rings. The summed E-state index contributed by atoms with van der Waals surface area (Å²) in [6, 6.07) is 0. The Bertz CT molecular complexity index is 234. The Hall–Kier alpha value is -0.710. The smallest absolute Gasteiger partial charge is 0.380 e. The minimum absolute atomic E-state index is 0.0281. The number of alkyl halides is 2. The van der Waals surface area contributed by atoms with Crippen LogP contribution < -0.4 is 0 Å². The maximum atomic E-state index is 13.3. The molecule has 0 bridgehead atoms. The summed E-state index contributed by atoms with van der Waals surface area (Å²) < 4.78 is 30.8. The zero-order valence-electron chi connectivity index (χ0n) is 8.22. The van der Waals surface area contributed by atoms with E-state index in [1.54, 1.807) is 6.92 Å². The van der Waals surface area contributed by atoms with E-state index < -0.39 is 17.5 Å². The normalized spacial score (nSPS) is 32.2. The van der Waals surface area contributed by atoms with Crippen molar-refractivity contribution in [1.29, 1.82) is 0 Å². The van der Waals surface area contributed by atoms with Gasteiger partial charge in [0.25, 0.3) is 0 Å². The van der Waals surface area contributed by atoms with Crippen LogP contribution in [0, 0.1) is 5.92 Å². The summed E-state index contributed by atoms with van der Waals surface area (Å²) in [7, 11) is 0. The molecule has 82 valence electrons. The van der Waals surface area contributed by atoms with Crippen molar-refractivity contribution in [3.8, 4) is 0 Å². The maximum Gasteiger partial charge on any atom is 0.380 e. The van der Waals surface area contributed by atoms with Gasteiger partial charge in [-0.2, -0.15) is 8.78 Å². The van der Waals surface area contributed by atoms with Crippen molar-refractivity contribution < 1.29 is 23.4 Å². The number of carbonyl (C=O) groups excluding carboxylic acids is 1. The average Bonchev–Trinajstić information content (AvgIpc) is 2.02. The van der Waals surface area contributed by atoms with Crippen LogP contribution in [0.25, 0.3) is 0 Å². The molecule has 1 aliphatic carbocycles. The number of esters is 1. The highest BCUT2D eigenvalue weighted by Gasteiger charge is 2.64. The third-order valence-corrected chi connectivity index (χ3v) is 2.49. The summed E-state index contributed by atoms with van der Waals surface area (Å²) in [6.07, 6.45) is -0.113. The second-order valence-electron chi connectivity index (χ2n) is 3.84. The lowest BCUT2D eigenvalue weighted by molar-refractivity contribution is -0.242. The Kier molecular flexibility index (Phi) is 2.81. The van der Waals surface area contributed by atoms with Crippen LogP contribution in [0.3, 0.4) is 0 Å². The summed E-state index contributed by atoms with van der Waals surface area (Å²) >= 11 is 0. The second kappa shape index (κ2) is 3.46. The largest absolute Gasteiger partial charge is 0.461 e. The molecule has 1 rings (SSSR count). The van der Waals surface area contributed by atoms with Gasteiger partial charge in [0.2, 0.25) is 0 Å². The van der Waals surface area contributed by atoms with E-state index in [0.29, 0.717) is 0 Å². The van der Waals surface area contributed by atoms with E-state index >= 15 is 0 Å². The van der Waals surface area contributed by atoms with E-state index in [1.807, 2.05) is 0 Å². The standard InChI is InChI=1S/C9H14F2O3/c1-3-14-7(12)9(10,11)8(13)4-6(2)5-8/h6,13H,3-5H2,1-2H3. The molecule has 0 heterocycles. The first-order chi connectivity index (χ1) is 6.33. The lowest BCUT2D eigenvalue weighted by Crippen LogP contribution is -2.60. The highest BCUT2D eigenvalue weighted by molar-refractivity contribution is 5.79. The molecular weight excluding hydrogens is 194 g/mol. The molecule has 0 unspecified atom stereocenters. The Labute approximate surface area is 81.1 Å². The average molecular weight is 208 g/mol. The maximum absolute atomic E-state index is 13.3. The van der Waals surface area contributed by atoms with Gasteiger partial charge in [-0.25, -0.2) is 4.79 Å². The molecule has 3 nitrogen and oxygen atoms in total. The number of hydrogen-bond acceptors (Lipinski definition) is 3. The molecule has 0 spiro atoms. The van der Waals surface area contributed by atoms with Crippen LogP contribution in [0.1, 0.15) is 26.7 Å². The van der Waals surface area contributed by atoms with Crippen LogP contribution >= 0.6 is 0 Å². The number of hydrogen-bond donors (Lipinski definition) is 1. The van der Waals surface area contributed by atoms with E-state index in [2.05, 4.69) is 4.74 Å². The van der Waals surface area contributed by atoms with Crippen molar-refractivity contribution in [1.82, 2.24) is 0 Å². The molecule has 5 heteroatoms. The highest BCUT2D eigenvalue weighted by atomic mass is 19.3. The van der Waals surface area contributed by atoms with Crippen molar-refractivity contribution in [2.24, 2.45) is 5.92 Å². The van der Waals surface area contributed by atoms with Gasteiger partial charge in [0.05, 0.1) is 6.61 Å². The van der Waals surface area contributed by atoms with Crippen molar-refractivity contribution in [2.75, 3.05) is 6.61 Å². The van der Waals surface area contributed by atoms with E-state index in [4.69, 9.17) is 0 Å². The Morgan fingerprint density at radius 2 is 2.14 bits per heavy atom. The molecule has 0 aliphatic heterocycles. The molecule has 0 aromatic rings. The molecule has 0 amide bonds. The predicted molar refractivity (Wildman–Crippen MR) is 44.9 cm³/mol. The number of ether oxygens (including phenoxy) is 1. The van der Waals surface area contributed by atoms with Crippen LogP contribution in [0.5, 0.6) is 0 Å². The van der Waals surface area contributed by atoms with Gasteiger partial charge >= 0.3 is 11.9 Å². The summed E-state index contributed by atoms with van der Waals surface area (Å²) in [5.74, 6) is -5.38. The fraction of sp³-hybridized carbons (Fsp3) is 0.889. The predicted octanol–water partition coefficient (Wildman–Crippen LogP) is 1.35. The molecule has 0 aromatic carbocycles. The minimum atomic E-state index is -3.78. The lowest BCUT2D eigenvalue weighted by atomic mass is 9.68. The van der Waals surface area contributed by atoms with Crippen LogP contribution in [0.15, 0.2) is 0 Å². The van der Waals surface area contributed by atoms with Gasteiger partial charge in [-0.1, -0.05) is 6.92 Å². The molecule has 1 fully saturated rings. The van der Waals surface area contributed by atoms with E-state index in [-0.39, 0.29) is 25.4 Å². The van der Waals surface area contributed by atoms with Gasteiger partial charge < -0.3 is 9.84 Å². The highest BCUT2D eigenvalue weighted by Crippen LogP contribution is 2.47. The molecule has 14 heavy (non-hydrogen) atoms. The summed E-state index contributed by atoms with van der Waals surface area (Å²) in [5.41, 5.74) is -2.20. The van der Waals surface area contributed by atoms with Crippen LogP contribution in [0.4, 0.5) is 8.78 Å². The fourth-order valence-electron chi connectivity index (χ4n) is 1.76. The summed E-state index contributed by atoms with van der Waals surface area (Å²) in [6.45, 7) is 3.08. The molecule has 1 saturated carbocycles. The number of rotatable bonds is 3. The molecular formula is C9H14F2O3. The summed E-state index contributed by atoms with van der Waals surface area (Å²) in [5, 5.41) is 9.45. The topological polar surface area (TPSA) is 46.5 Å². The first-order valence-electron chi connectivity index (χ1n) is 4.61. The Morgan fingerprint density at radius 1 is 1.64 bits per heavy atom. The monoisotopic (exact) mass is 208 g/mol. The van der Waals surface area contributed by atoms with E-state index in [0.717, 1.165) is 0 Å². The first-order valence-corrected chi connectivity index (χ1v) is 4.61. The van der Waals surface area contributed by atoms with E-state index in [9.17, 15) is 18.7 Å². The van der Waals surface area contributed by atoms with Crippen LogP contribution in [-0.4, -0.2) is 29.2 Å². The quantitative estimate of drug-likeness (QED) is 0.712. The second-order valence-corrected chi connectivity index (χ2v) is 3.84. The fourth-order valence-corrected chi connectivity index (χ4v) is 1.76. The van der Waals surface area contributed by atoms with Gasteiger partial charge in [0.1, 0.15) is 5.60 Å². The van der Waals surface area contributed by atoms with Gasteiger partial charge in [-0.15, -0.1) is 0 Å². The van der Waals surface area contributed by atoms with Crippen LogP contribution in [0.2, 0.25) is 0 Å². The molecule has 0 atom stereocenters. The van der Waals surface area contributed by atoms with Crippen molar-refractivity contribution in [3.63, 3.8) is 0 Å². The zero-order valence-corrected chi connectivity index (χ0v) is 8.22. The van der Waals surface area contributed by atoms with Gasteiger partial charge in [-0.3, -0.25) is 0 Å². The number of aliphatic hydroxyl groups is 1. The number of carbonyl (C=O) groups is 1. The molecule has 0 saturated heterocycles. The van der Waals surface area contributed by atoms with Crippen molar-refractivity contribution in [3.05, 3.63) is 0 Å². The number of halogens is 2. The lowest BCUT2D eigenvalue weighted by Gasteiger charge is -2.45. The zero-order chi connectivity index (χ0) is 11.0. The SMILES string of the molecule is CCOC(=O)C(F)(F)C1(O)CC(C)C1. The van der Waals surface area contributed by atoms with Crippen LogP contribution in [-0.2, 0) is 9.53 Å². The Morgan fingerprint density at radius 3 is 2.50 bits per heavy atom. The molecule has 0 radical (unpaired) electrons. The summed E-state index contributed by atoms with van der Waals surface area (Å²) in [4.78, 5) is 10.9. The first kappa shape index (κ1) is 11.4. The third-order valence-electron chi connectivity index (χ3n) is 2.49. The Balaban J connectivity index is 2.69. The minimum Gasteiger partial charge on any atom is -0.461 e.